The summed E-state index contributed by atoms with van der Waals surface area (Å²) in [5.74, 6) is 0. The van der Waals surface area contributed by atoms with Crippen molar-refractivity contribution in [3.8, 4) is 0 Å². The molecule has 0 aromatic carbocycles. The average Bonchev–Trinajstić information content (AvgIpc) is 1.85. The smallest absolute Gasteiger partial charge is 0.0503 e. The van der Waals surface area contributed by atoms with Gasteiger partial charge in [-0.25, -0.2) is 0 Å². The molecular formula is C8H19IN2. The number of halogens is 1. The molecule has 0 aromatic heterocycles. The monoisotopic (exact) mass is 270 g/mol. The van der Waals surface area contributed by atoms with E-state index in [-0.39, 0.29) is 5.54 Å². The molecule has 11 heavy (non-hydrogen) atoms. The Bertz CT molecular complexity index is 98.8. The standard InChI is InChI=1S/C8H19IN2/c1-8(2,3)10-5-6-11(4)7-9/h10H,5-7H2,1-4H3. The zero-order chi connectivity index (χ0) is 8.91. The Hall–Kier alpha value is 0.650. The minimum atomic E-state index is 0.256. The Balaban J connectivity index is 3.28. The summed E-state index contributed by atoms with van der Waals surface area (Å²) in [6, 6.07) is 0. The van der Waals surface area contributed by atoms with Crippen LogP contribution in [0.4, 0.5) is 0 Å². The molecule has 2 nitrogen and oxygen atoms in total. The predicted octanol–water partition coefficient (Wildman–Crippen LogP) is 1.70. The molecule has 0 amide bonds. The Labute approximate surface area is 83.9 Å². The van der Waals surface area contributed by atoms with Crippen LogP contribution in [0, 0.1) is 0 Å². The molecule has 0 rings (SSSR count). The van der Waals surface area contributed by atoms with Crippen molar-refractivity contribution in [3.63, 3.8) is 0 Å². The van der Waals surface area contributed by atoms with Crippen molar-refractivity contribution < 1.29 is 0 Å². The topological polar surface area (TPSA) is 15.3 Å². The van der Waals surface area contributed by atoms with Crippen LogP contribution < -0.4 is 5.32 Å². The van der Waals surface area contributed by atoms with E-state index in [4.69, 9.17) is 0 Å². The summed E-state index contributed by atoms with van der Waals surface area (Å²) in [7, 11) is 2.14. The summed E-state index contributed by atoms with van der Waals surface area (Å²) < 4.78 is 1.10. The van der Waals surface area contributed by atoms with Crippen molar-refractivity contribution >= 4 is 22.6 Å². The van der Waals surface area contributed by atoms with Gasteiger partial charge >= 0.3 is 0 Å². The lowest BCUT2D eigenvalue weighted by molar-refractivity contribution is 0.350. The van der Waals surface area contributed by atoms with E-state index in [9.17, 15) is 0 Å². The highest BCUT2D eigenvalue weighted by molar-refractivity contribution is 14.1. The maximum absolute atomic E-state index is 3.44. The summed E-state index contributed by atoms with van der Waals surface area (Å²) in [6.45, 7) is 8.77. The minimum absolute atomic E-state index is 0.256. The van der Waals surface area contributed by atoms with E-state index in [1.165, 1.54) is 0 Å². The van der Waals surface area contributed by atoms with Crippen LogP contribution in [0.1, 0.15) is 20.8 Å². The normalized spacial score (nSPS) is 12.5. The molecule has 0 saturated heterocycles. The summed E-state index contributed by atoms with van der Waals surface area (Å²) >= 11 is 2.37. The maximum atomic E-state index is 3.44. The van der Waals surface area contributed by atoms with Crippen LogP contribution in [0.15, 0.2) is 0 Å². The second kappa shape index (κ2) is 5.32. The Morgan fingerprint density at radius 3 is 2.27 bits per heavy atom. The van der Waals surface area contributed by atoms with Crippen molar-refractivity contribution in [3.05, 3.63) is 0 Å². The Kier molecular flexibility index (Phi) is 5.64. The molecule has 0 aliphatic carbocycles. The number of alkyl halides is 1. The van der Waals surface area contributed by atoms with E-state index in [0.29, 0.717) is 0 Å². The van der Waals surface area contributed by atoms with Crippen LogP contribution in [0.5, 0.6) is 0 Å². The predicted molar refractivity (Wildman–Crippen MR) is 59.3 cm³/mol. The molecule has 0 heterocycles. The Morgan fingerprint density at radius 2 is 1.91 bits per heavy atom. The van der Waals surface area contributed by atoms with Crippen LogP contribution in [-0.2, 0) is 0 Å². The van der Waals surface area contributed by atoms with Gasteiger partial charge in [-0.3, -0.25) is 4.90 Å². The van der Waals surface area contributed by atoms with Crippen molar-refractivity contribution in [2.75, 3.05) is 24.7 Å². The first-order valence-electron chi connectivity index (χ1n) is 3.95. The number of hydrogen-bond donors (Lipinski definition) is 1. The van der Waals surface area contributed by atoms with Gasteiger partial charge in [0.25, 0.3) is 0 Å². The number of nitrogens with one attached hydrogen (secondary N) is 1. The van der Waals surface area contributed by atoms with E-state index in [0.717, 1.165) is 17.6 Å². The summed E-state index contributed by atoms with van der Waals surface area (Å²) in [5.41, 5.74) is 0.256. The zero-order valence-corrected chi connectivity index (χ0v) is 10.1. The minimum Gasteiger partial charge on any atom is -0.311 e. The molecule has 0 unspecified atom stereocenters. The van der Waals surface area contributed by atoms with Gasteiger partial charge in [0.15, 0.2) is 0 Å². The SMILES string of the molecule is CN(CI)CCNC(C)(C)C. The Morgan fingerprint density at radius 1 is 1.36 bits per heavy atom. The van der Waals surface area contributed by atoms with Gasteiger partial charge in [0.1, 0.15) is 0 Å². The lowest BCUT2D eigenvalue weighted by Crippen LogP contribution is -2.40. The van der Waals surface area contributed by atoms with Gasteiger partial charge in [0, 0.05) is 18.6 Å². The van der Waals surface area contributed by atoms with E-state index in [1.54, 1.807) is 0 Å². The van der Waals surface area contributed by atoms with Gasteiger partial charge in [-0.1, -0.05) is 22.6 Å². The highest BCUT2D eigenvalue weighted by Crippen LogP contribution is 1.97. The van der Waals surface area contributed by atoms with Crippen LogP contribution in [0.2, 0.25) is 0 Å². The molecule has 0 aromatic rings. The second-order valence-electron chi connectivity index (χ2n) is 3.88. The van der Waals surface area contributed by atoms with E-state index in [1.807, 2.05) is 0 Å². The maximum Gasteiger partial charge on any atom is 0.0503 e. The van der Waals surface area contributed by atoms with Gasteiger partial charge in [0.2, 0.25) is 0 Å². The number of likely N-dealkylation sites (N-methyl/N-ethyl adjacent to an activating group) is 1. The van der Waals surface area contributed by atoms with Crippen LogP contribution >= 0.6 is 22.6 Å². The molecule has 1 N–H and O–H groups in total. The summed E-state index contributed by atoms with van der Waals surface area (Å²) in [4.78, 5) is 2.29. The molecule has 0 aliphatic rings. The van der Waals surface area contributed by atoms with Gasteiger partial charge in [-0.05, 0) is 27.8 Å². The van der Waals surface area contributed by atoms with E-state index < -0.39 is 0 Å². The van der Waals surface area contributed by atoms with Crippen molar-refractivity contribution in [1.82, 2.24) is 10.2 Å². The van der Waals surface area contributed by atoms with Gasteiger partial charge in [-0.2, -0.15) is 0 Å². The molecule has 68 valence electrons. The molecule has 0 fully saturated rings. The third-order valence-electron chi connectivity index (χ3n) is 1.35. The van der Waals surface area contributed by atoms with Crippen molar-refractivity contribution in [1.29, 1.82) is 0 Å². The number of nitrogens with zero attached hydrogens (tertiary/aromatic N) is 1. The highest BCUT2D eigenvalue weighted by Gasteiger charge is 2.07. The zero-order valence-electron chi connectivity index (χ0n) is 7.95. The molecule has 0 atom stereocenters. The van der Waals surface area contributed by atoms with Gasteiger partial charge in [-0.15, -0.1) is 0 Å². The van der Waals surface area contributed by atoms with Crippen LogP contribution in [-0.4, -0.2) is 35.1 Å². The fraction of sp³-hybridized carbons (Fsp3) is 1.00. The quantitative estimate of drug-likeness (QED) is 0.475. The van der Waals surface area contributed by atoms with Gasteiger partial charge in [0.05, 0.1) is 4.55 Å². The molecular weight excluding hydrogens is 251 g/mol. The molecule has 0 bridgehead atoms. The van der Waals surface area contributed by atoms with Crippen molar-refractivity contribution in [2.24, 2.45) is 0 Å². The molecule has 0 radical (unpaired) electrons. The third-order valence-corrected chi connectivity index (χ3v) is 2.52. The lowest BCUT2D eigenvalue weighted by Gasteiger charge is -2.22. The average molecular weight is 270 g/mol. The third kappa shape index (κ3) is 8.56. The van der Waals surface area contributed by atoms with E-state index >= 15 is 0 Å². The fourth-order valence-corrected chi connectivity index (χ4v) is 1.02. The fourth-order valence-electron chi connectivity index (χ4n) is 0.682. The summed E-state index contributed by atoms with van der Waals surface area (Å²) in [6.07, 6.45) is 0. The van der Waals surface area contributed by atoms with Crippen molar-refractivity contribution in [2.45, 2.75) is 26.3 Å². The number of hydrogen-bond acceptors (Lipinski definition) is 2. The summed E-state index contributed by atoms with van der Waals surface area (Å²) in [5, 5.41) is 3.44. The first kappa shape index (κ1) is 11.6. The molecule has 0 saturated carbocycles. The number of rotatable bonds is 4. The molecule has 3 heteroatoms. The van der Waals surface area contributed by atoms with Crippen LogP contribution in [0.25, 0.3) is 0 Å². The highest BCUT2D eigenvalue weighted by atomic mass is 127. The first-order valence-corrected chi connectivity index (χ1v) is 5.48. The van der Waals surface area contributed by atoms with Crippen LogP contribution in [0.3, 0.4) is 0 Å². The van der Waals surface area contributed by atoms with E-state index in [2.05, 4.69) is 60.6 Å². The van der Waals surface area contributed by atoms with Gasteiger partial charge < -0.3 is 5.32 Å². The molecule has 0 aliphatic heterocycles. The molecule has 0 spiro atoms. The second-order valence-corrected chi connectivity index (χ2v) is 4.56. The lowest BCUT2D eigenvalue weighted by atomic mass is 10.1. The first-order chi connectivity index (χ1) is 4.95. The largest absolute Gasteiger partial charge is 0.311 e.